The molecule has 2 N–H and O–H groups in total. The fourth-order valence-electron chi connectivity index (χ4n) is 2.96. The first-order valence-electron chi connectivity index (χ1n) is 9.92. The number of carbonyl (C=O) groups excluding carboxylic acids is 1. The van der Waals surface area contributed by atoms with Crippen LogP contribution in [0, 0.1) is 0 Å². The van der Waals surface area contributed by atoms with Crippen LogP contribution in [0.25, 0.3) is 0 Å². The topological polar surface area (TPSA) is 66.0 Å². The minimum atomic E-state index is -0.0427. The molecule has 1 amide bonds. The Morgan fingerprint density at radius 1 is 1.20 bits per heavy atom. The zero-order valence-corrected chi connectivity index (χ0v) is 20.8. The van der Waals surface area contributed by atoms with Gasteiger partial charge in [0, 0.05) is 44.4 Å². The van der Waals surface area contributed by atoms with Crippen molar-refractivity contribution in [3.05, 3.63) is 65.2 Å². The molecule has 2 aromatic carbocycles. The third-order valence-electron chi connectivity index (χ3n) is 4.80. The molecule has 1 atom stereocenters. The number of para-hydroxylation sites is 1. The van der Waals surface area contributed by atoms with Crippen molar-refractivity contribution >= 4 is 35.8 Å². The summed E-state index contributed by atoms with van der Waals surface area (Å²) in [6.45, 7) is 5.30. The van der Waals surface area contributed by atoms with Gasteiger partial charge < -0.3 is 20.3 Å². The second kappa shape index (κ2) is 13.1. The third-order valence-corrected chi connectivity index (χ3v) is 4.80. The van der Waals surface area contributed by atoms with E-state index in [0.717, 1.165) is 29.3 Å². The van der Waals surface area contributed by atoms with Crippen molar-refractivity contribution in [2.24, 2.45) is 4.99 Å². The third kappa shape index (κ3) is 7.51. The van der Waals surface area contributed by atoms with Crippen molar-refractivity contribution < 1.29 is 9.53 Å². The quantitative estimate of drug-likeness (QED) is 0.311. The predicted octanol–water partition coefficient (Wildman–Crippen LogP) is 4.05. The van der Waals surface area contributed by atoms with Crippen LogP contribution in [0.4, 0.5) is 0 Å². The first kappa shape index (κ1) is 25.7. The van der Waals surface area contributed by atoms with Crippen molar-refractivity contribution in [1.29, 1.82) is 0 Å². The molecule has 0 aliphatic carbocycles. The second-order valence-corrected chi connectivity index (χ2v) is 7.05. The molecule has 0 radical (unpaired) electrons. The molecule has 6 nitrogen and oxygen atoms in total. The molecule has 2 rings (SSSR count). The summed E-state index contributed by atoms with van der Waals surface area (Å²) in [5, 5.41) is 6.37. The minimum absolute atomic E-state index is 0. The molecule has 0 aromatic heterocycles. The molecule has 0 bridgehead atoms. The van der Waals surface area contributed by atoms with Gasteiger partial charge in [0.2, 0.25) is 0 Å². The fraction of sp³-hybridized carbons (Fsp3) is 0.391. The summed E-state index contributed by atoms with van der Waals surface area (Å²) in [6.07, 6.45) is 0.905. The van der Waals surface area contributed by atoms with Crippen molar-refractivity contribution in [2.45, 2.75) is 39.4 Å². The van der Waals surface area contributed by atoms with Crippen LogP contribution in [0.1, 0.15) is 41.8 Å². The fourth-order valence-corrected chi connectivity index (χ4v) is 2.96. The van der Waals surface area contributed by atoms with Crippen LogP contribution in [0.15, 0.2) is 53.5 Å². The average Bonchev–Trinajstić information content (AvgIpc) is 2.74. The molecule has 0 aliphatic rings. The number of nitrogens with zero attached hydrogens (tertiary/aromatic N) is 2. The van der Waals surface area contributed by atoms with Gasteiger partial charge in [0.25, 0.3) is 5.91 Å². The number of benzene rings is 2. The van der Waals surface area contributed by atoms with E-state index in [1.807, 2.05) is 67.4 Å². The monoisotopic (exact) mass is 524 g/mol. The van der Waals surface area contributed by atoms with Crippen LogP contribution in [-0.4, -0.2) is 44.0 Å². The van der Waals surface area contributed by atoms with Crippen LogP contribution in [0.3, 0.4) is 0 Å². The van der Waals surface area contributed by atoms with E-state index < -0.39 is 0 Å². The predicted molar refractivity (Wildman–Crippen MR) is 134 cm³/mol. The second-order valence-electron chi connectivity index (χ2n) is 7.05. The maximum absolute atomic E-state index is 12.4. The maximum Gasteiger partial charge on any atom is 0.251 e. The maximum atomic E-state index is 12.4. The van der Waals surface area contributed by atoms with Crippen molar-refractivity contribution in [2.75, 3.05) is 21.2 Å². The summed E-state index contributed by atoms with van der Waals surface area (Å²) in [5.74, 6) is 1.58. The molecule has 0 saturated carbocycles. The zero-order valence-electron chi connectivity index (χ0n) is 18.4. The number of aliphatic imine (C=N–C) groups is 1. The summed E-state index contributed by atoms with van der Waals surface area (Å²) in [6, 6.07) is 15.8. The normalized spacial score (nSPS) is 11.8. The molecular formula is C23H33IN4O2. The molecule has 164 valence electrons. The molecule has 0 spiro atoms. The first-order chi connectivity index (χ1) is 14.0. The van der Waals surface area contributed by atoms with E-state index in [1.54, 1.807) is 14.2 Å². The zero-order chi connectivity index (χ0) is 21.2. The van der Waals surface area contributed by atoms with Gasteiger partial charge in [-0.3, -0.25) is 9.79 Å². The van der Waals surface area contributed by atoms with Gasteiger partial charge in [-0.1, -0.05) is 37.3 Å². The summed E-state index contributed by atoms with van der Waals surface area (Å²) in [7, 11) is 5.42. The summed E-state index contributed by atoms with van der Waals surface area (Å²) >= 11 is 0. The van der Waals surface area contributed by atoms with Gasteiger partial charge in [-0.2, -0.15) is 0 Å². The highest BCUT2D eigenvalue weighted by atomic mass is 127. The van der Waals surface area contributed by atoms with Crippen LogP contribution >= 0.6 is 24.0 Å². The number of amides is 1. The minimum Gasteiger partial charge on any atom is -0.496 e. The molecule has 0 fully saturated rings. The van der Waals surface area contributed by atoms with Gasteiger partial charge in [-0.05, 0) is 37.1 Å². The van der Waals surface area contributed by atoms with E-state index >= 15 is 0 Å². The van der Waals surface area contributed by atoms with Crippen molar-refractivity contribution in [1.82, 2.24) is 15.5 Å². The number of guanidine groups is 1. The van der Waals surface area contributed by atoms with Gasteiger partial charge in [0.15, 0.2) is 5.96 Å². The van der Waals surface area contributed by atoms with Gasteiger partial charge in [0.05, 0.1) is 7.11 Å². The Labute approximate surface area is 197 Å². The highest BCUT2D eigenvalue weighted by Gasteiger charge is 2.11. The van der Waals surface area contributed by atoms with Crippen LogP contribution in [0.5, 0.6) is 5.75 Å². The number of halogens is 1. The summed E-state index contributed by atoms with van der Waals surface area (Å²) in [4.78, 5) is 18.8. The SMILES string of the molecule is CCC(C)NC(=O)c1cccc(CNC(=NC)N(C)Cc2ccccc2OC)c1.I. The lowest BCUT2D eigenvalue weighted by molar-refractivity contribution is 0.0939. The molecule has 0 heterocycles. The number of hydrogen-bond donors (Lipinski definition) is 2. The van der Waals surface area contributed by atoms with E-state index in [9.17, 15) is 4.79 Å². The van der Waals surface area contributed by atoms with Gasteiger partial charge >= 0.3 is 0 Å². The molecule has 30 heavy (non-hydrogen) atoms. The number of methoxy groups -OCH3 is 1. The molecule has 0 saturated heterocycles. The molecule has 1 unspecified atom stereocenters. The first-order valence-corrected chi connectivity index (χ1v) is 9.92. The lowest BCUT2D eigenvalue weighted by Gasteiger charge is -2.23. The van der Waals surface area contributed by atoms with E-state index in [0.29, 0.717) is 18.7 Å². The number of ether oxygens (including phenoxy) is 1. The number of rotatable bonds is 8. The Morgan fingerprint density at radius 2 is 1.93 bits per heavy atom. The highest BCUT2D eigenvalue weighted by molar-refractivity contribution is 14.0. The van der Waals surface area contributed by atoms with E-state index in [-0.39, 0.29) is 35.9 Å². The Bertz CT molecular complexity index is 841. The van der Waals surface area contributed by atoms with Gasteiger partial charge in [0.1, 0.15) is 5.75 Å². The Kier molecular flexibility index (Phi) is 11.2. The van der Waals surface area contributed by atoms with Crippen molar-refractivity contribution in [3.63, 3.8) is 0 Å². The van der Waals surface area contributed by atoms with Crippen LogP contribution < -0.4 is 15.4 Å². The van der Waals surface area contributed by atoms with Gasteiger partial charge in [-0.25, -0.2) is 0 Å². The average molecular weight is 524 g/mol. The molecule has 2 aromatic rings. The van der Waals surface area contributed by atoms with E-state index in [1.165, 1.54) is 0 Å². The summed E-state index contributed by atoms with van der Waals surface area (Å²) in [5.41, 5.74) is 2.78. The number of nitrogens with one attached hydrogen (secondary N) is 2. The molecule has 0 aliphatic heterocycles. The van der Waals surface area contributed by atoms with Crippen LogP contribution in [0.2, 0.25) is 0 Å². The highest BCUT2D eigenvalue weighted by Crippen LogP contribution is 2.18. The summed E-state index contributed by atoms with van der Waals surface area (Å²) < 4.78 is 5.44. The number of carbonyl (C=O) groups is 1. The lowest BCUT2D eigenvalue weighted by atomic mass is 10.1. The largest absolute Gasteiger partial charge is 0.496 e. The van der Waals surface area contributed by atoms with E-state index in [2.05, 4.69) is 22.5 Å². The Balaban J connectivity index is 0.00000450. The smallest absolute Gasteiger partial charge is 0.251 e. The van der Waals surface area contributed by atoms with Gasteiger partial charge in [-0.15, -0.1) is 24.0 Å². The molecular weight excluding hydrogens is 491 g/mol. The van der Waals surface area contributed by atoms with Crippen LogP contribution in [-0.2, 0) is 13.1 Å². The Morgan fingerprint density at radius 3 is 2.60 bits per heavy atom. The lowest BCUT2D eigenvalue weighted by Crippen LogP contribution is -2.38. The number of hydrogen-bond acceptors (Lipinski definition) is 3. The molecule has 7 heteroatoms. The standard InChI is InChI=1S/C23H32N4O2.HI/c1-6-17(2)26-22(28)19-12-9-10-18(14-19)15-25-23(24-3)27(4)16-20-11-7-8-13-21(20)29-5;/h7-14,17H,6,15-16H2,1-5H3,(H,24,25)(H,26,28);1H. The Hall–Kier alpha value is -2.29. The van der Waals surface area contributed by atoms with Crippen molar-refractivity contribution in [3.8, 4) is 5.75 Å². The van der Waals surface area contributed by atoms with E-state index in [4.69, 9.17) is 4.74 Å².